The van der Waals surface area contributed by atoms with Crippen LogP contribution in [0.4, 0.5) is 10.5 Å². The summed E-state index contributed by atoms with van der Waals surface area (Å²) in [7, 11) is 0. The van der Waals surface area contributed by atoms with Gasteiger partial charge in [0.05, 0.1) is 34.0 Å². The quantitative estimate of drug-likeness (QED) is 0.538. The Bertz CT molecular complexity index is 1260. The zero-order valence-electron chi connectivity index (χ0n) is 18.0. The van der Waals surface area contributed by atoms with Gasteiger partial charge in [-0.15, -0.1) is 0 Å². The molecule has 0 radical (unpaired) electrons. The number of ether oxygens (including phenoxy) is 1. The molecular formula is C22H23Cl2N5O4. The van der Waals surface area contributed by atoms with Crippen LogP contribution in [0.5, 0.6) is 0 Å². The van der Waals surface area contributed by atoms with Crippen molar-refractivity contribution in [1.29, 1.82) is 0 Å². The summed E-state index contributed by atoms with van der Waals surface area (Å²) in [5.41, 5.74) is 3.40. The lowest BCUT2D eigenvalue weighted by Crippen LogP contribution is -2.36. The molecule has 1 atom stereocenters. The number of aromatic nitrogens is 3. The van der Waals surface area contributed by atoms with Gasteiger partial charge in [-0.3, -0.25) is 10.1 Å². The summed E-state index contributed by atoms with van der Waals surface area (Å²) in [6.07, 6.45) is 5.28. The number of hydrogen-bond acceptors (Lipinski definition) is 4. The van der Waals surface area contributed by atoms with Crippen LogP contribution in [0.1, 0.15) is 38.1 Å². The first kappa shape index (κ1) is 22.1. The van der Waals surface area contributed by atoms with E-state index in [1.807, 2.05) is 10.8 Å². The van der Waals surface area contributed by atoms with Crippen molar-refractivity contribution in [3.05, 3.63) is 34.2 Å². The monoisotopic (exact) mass is 491 g/mol. The second-order valence-electron chi connectivity index (χ2n) is 8.32. The van der Waals surface area contributed by atoms with Gasteiger partial charge in [0.15, 0.2) is 0 Å². The Morgan fingerprint density at radius 3 is 2.79 bits per heavy atom. The topological polar surface area (TPSA) is 102 Å². The van der Waals surface area contributed by atoms with Gasteiger partial charge in [-0.1, -0.05) is 23.2 Å². The number of carboxylic acid groups (broad SMARTS) is 1. The first-order valence-electron chi connectivity index (χ1n) is 10.8. The van der Waals surface area contributed by atoms with E-state index < -0.39 is 6.09 Å². The fourth-order valence-electron chi connectivity index (χ4n) is 4.78. The van der Waals surface area contributed by atoms with Crippen molar-refractivity contribution in [2.24, 2.45) is 0 Å². The Morgan fingerprint density at radius 2 is 2.09 bits per heavy atom. The zero-order chi connectivity index (χ0) is 23.3. The smallest absolute Gasteiger partial charge is 0.409 e. The number of nitrogens with one attached hydrogen (secondary N) is 1. The molecule has 2 aliphatic heterocycles. The van der Waals surface area contributed by atoms with Crippen molar-refractivity contribution in [2.75, 3.05) is 18.5 Å². The van der Waals surface area contributed by atoms with E-state index in [-0.39, 0.29) is 17.2 Å². The molecule has 0 spiro atoms. The van der Waals surface area contributed by atoms with Crippen LogP contribution in [0, 0.1) is 0 Å². The third-order valence-electron chi connectivity index (χ3n) is 6.29. The largest absolute Gasteiger partial charge is 0.465 e. The van der Waals surface area contributed by atoms with Gasteiger partial charge in [0.2, 0.25) is 5.91 Å². The molecule has 9 nitrogen and oxygen atoms in total. The molecule has 2 aliphatic rings. The van der Waals surface area contributed by atoms with E-state index in [1.165, 1.54) is 13.0 Å². The minimum absolute atomic E-state index is 0.0308. The van der Waals surface area contributed by atoms with Crippen LogP contribution in [-0.2, 0) is 22.6 Å². The molecular weight excluding hydrogens is 469 g/mol. The fraction of sp³-hybridized carbons (Fsp3) is 0.409. The number of rotatable bonds is 3. The lowest BCUT2D eigenvalue weighted by molar-refractivity contribution is -0.130. The van der Waals surface area contributed by atoms with Crippen LogP contribution in [0.3, 0.4) is 0 Å². The standard InChI is InChI=1S/C22H23Cl2N5O4/c1-12(30)27-5-6-28-16(11-27)18(13-9-25-29(10-13)17-4-2-3-7-33-17)19-15(26-22(31)32)8-14(23)20(24)21(19)28/h8-10,17,26H,2-7,11H2,1H3,(H,31,32). The molecule has 1 saturated heterocycles. The minimum atomic E-state index is -1.21. The Balaban J connectivity index is 1.75. The maximum Gasteiger partial charge on any atom is 0.409 e. The van der Waals surface area contributed by atoms with E-state index >= 15 is 0 Å². The summed E-state index contributed by atoms with van der Waals surface area (Å²) in [5, 5.41) is 17.7. The summed E-state index contributed by atoms with van der Waals surface area (Å²) in [4.78, 5) is 25.5. The summed E-state index contributed by atoms with van der Waals surface area (Å²) in [6, 6.07) is 1.52. The number of benzene rings is 1. The van der Waals surface area contributed by atoms with E-state index in [0.29, 0.717) is 47.9 Å². The predicted octanol–water partition coefficient (Wildman–Crippen LogP) is 4.96. The van der Waals surface area contributed by atoms with E-state index in [9.17, 15) is 14.7 Å². The molecule has 2 aromatic heterocycles. The van der Waals surface area contributed by atoms with Crippen molar-refractivity contribution >= 4 is 51.8 Å². The van der Waals surface area contributed by atoms with Crippen molar-refractivity contribution < 1.29 is 19.4 Å². The Labute approximate surface area is 199 Å². The summed E-state index contributed by atoms with van der Waals surface area (Å²) < 4.78 is 9.70. The van der Waals surface area contributed by atoms with Gasteiger partial charge in [-0.05, 0) is 25.3 Å². The third-order valence-corrected chi connectivity index (χ3v) is 7.07. The maximum atomic E-state index is 12.2. The van der Waals surface area contributed by atoms with Gasteiger partial charge < -0.3 is 19.3 Å². The third kappa shape index (κ3) is 3.84. The number of nitrogens with zero attached hydrogens (tertiary/aromatic N) is 4. The SMILES string of the molecule is CC(=O)N1CCn2c(c(-c3cnn(C4CCCCO4)c3)c3c(NC(=O)O)cc(Cl)c(Cl)c32)C1. The number of fused-ring (bicyclic) bond motifs is 3. The number of hydrogen-bond donors (Lipinski definition) is 2. The number of carbonyl (C=O) groups is 2. The molecule has 0 aliphatic carbocycles. The van der Waals surface area contributed by atoms with Crippen molar-refractivity contribution in [1.82, 2.24) is 19.2 Å². The molecule has 2 N–H and O–H groups in total. The molecule has 5 rings (SSSR count). The van der Waals surface area contributed by atoms with Gasteiger partial charge in [0.1, 0.15) is 6.23 Å². The average molecular weight is 492 g/mol. The normalized spacial score (nSPS) is 18.4. The van der Waals surface area contributed by atoms with Gasteiger partial charge in [0, 0.05) is 55.0 Å². The van der Waals surface area contributed by atoms with E-state index in [2.05, 4.69) is 10.4 Å². The minimum Gasteiger partial charge on any atom is -0.465 e. The molecule has 11 heteroatoms. The predicted molar refractivity (Wildman–Crippen MR) is 125 cm³/mol. The molecule has 2 amide bonds. The van der Waals surface area contributed by atoms with E-state index in [1.54, 1.807) is 15.8 Å². The lowest BCUT2D eigenvalue weighted by Gasteiger charge is -2.29. The highest BCUT2D eigenvalue weighted by Gasteiger charge is 2.30. The Hall–Kier alpha value is -2.75. The van der Waals surface area contributed by atoms with Crippen LogP contribution >= 0.6 is 23.2 Å². The summed E-state index contributed by atoms with van der Waals surface area (Å²) in [6.45, 7) is 3.63. The maximum absolute atomic E-state index is 12.2. The lowest BCUT2D eigenvalue weighted by atomic mass is 10.0. The van der Waals surface area contributed by atoms with Crippen molar-refractivity contribution in [3.8, 4) is 11.1 Å². The fourth-order valence-corrected chi connectivity index (χ4v) is 5.23. The van der Waals surface area contributed by atoms with Crippen LogP contribution < -0.4 is 5.32 Å². The Kier molecular flexibility index (Phi) is 5.72. The highest BCUT2D eigenvalue weighted by atomic mass is 35.5. The van der Waals surface area contributed by atoms with Crippen LogP contribution in [0.15, 0.2) is 18.5 Å². The zero-order valence-corrected chi connectivity index (χ0v) is 19.5. The number of carbonyl (C=O) groups excluding carboxylic acids is 1. The van der Waals surface area contributed by atoms with Crippen LogP contribution in [-0.4, -0.2) is 49.5 Å². The molecule has 1 unspecified atom stereocenters. The molecule has 4 heterocycles. The number of halogens is 2. The van der Waals surface area contributed by atoms with Crippen molar-refractivity contribution in [2.45, 2.75) is 45.5 Å². The van der Waals surface area contributed by atoms with Crippen LogP contribution in [0.25, 0.3) is 22.0 Å². The number of anilines is 1. The molecule has 1 aromatic carbocycles. The Morgan fingerprint density at radius 1 is 1.27 bits per heavy atom. The summed E-state index contributed by atoms with van der Waals surface area (Å²) in [5.74, 6) is -0.0308. The average Bonchev–Trinajstić information content (AvgIpc) is 3.40. The second-order valence-corrected chi connectivity index (χ2v) is 9.10. The molecule has 174 valence electrons. The first-order chi connectivity index (χ1) is 15.8. The van der Waals surface area contributed by atoms with Gasteiger partial charge in [0.25, 0.3) is 0 Å². The van der Waals surface area contributed by atoms with Gasteiger partial charge in [-0.25, -0.2) is 9.48 Å². The van der Waals surface area contributed by atoms with E-state index in [0.717, 1.165) is 36.1 Å². The van der Waals surface area contributed by atoms with Crippen molar-refractivity contribution in [3.63, 3.8) is 0 Å². The second kappa shape index (κ2) is 8.55. The summed E-state index contributed by atoms with van der Waals surface area (Å²) >= 11 is 13.0. The molecule has 1 fully saturated rings. The van der Waals surface area contributed by atoms with E-state index in [4.69, 9.17) is 27.9 Å². The highest BCUT2D eigenvalue weighted by molar-refractivity contribution is 6.46. The molecule has 0 saturated carbocycles. The molecule has 0 bridgehead atoms. The molecule has 33 heavy (non-hydrogen) atoms. The van der Waals surface area contributed by atoms with Gasteiger partial charge in [-0.2, -0.15) is 5.10 Å². The molecule has 3 aromatic rings. The highest BCUT2D eigenvalue weighted by Crippen LogP contribution is 2.46. The van der Waals surface area contributed by atoms with Gasteiger partial charge >= 0.3 is 6.09 Å². The number of amides is 2. The van der Waals surface area contributed by atoms with Crippen LogP contribution in [0.2, 0.25) is 10.0 Å². The first-order valence-corrected chi connectivity index (χ1v) is 11.6.